The maximum Gasteiger partial charge on any atom is 0.0827 e. The van der Waals surface area contributed by atoms with Crippen molar-refractivity contribution in [1.29, 1.82) is 0 Å². The van der Waals surface area contributed by atoms with Gasteiger partial charge in [-0.3, -0.25) is 0 Å². The Hall–Kier alpha value is -0.330. The van der Waals surface area contributed by atoms with Crippen molar-refractivity contribution in [1.82, 2.24) is 0 Å². The van der Waals surface area contributed by atoms with Gasteiger partial charge in [0, 0.05) is 0 Å². The van der Waals surface area contributed by atoms with Gasteiger partial charge in [-0.05, 0) is 62.2 Å². The van der Waals surface area contributed by atoms with E-state index in [1.807, 2.05) is 0 Å². The lowest BCUT2D eigenvalue weighted by Crippen LogP contribution is -2.25. The van der Waals surface area contributed by atoms with Gasteiger partial charge in [0.1, 0.15) is 0 Å². The summed E-state index contributed by atoms with van der Waals surface area (Å²) in [6.45, 7) is 2.32. The molecular weight excluding hydrogens is 247 g/mol. The summed E-state index contributed by atoms with van der Waals surface area (Å²) >= 11 is 0. The Balaban J connectivity index is 1.64. The van der Waals surface area contributed by atoms with E-state index < -0.39 is 0 Å². The SMILES string of the molecule is CCC[C@H]1CC[C@H]([C@H]2CC[C@H](CCC=CF)CC2)CC1. The van der Waals surface area contributed by atoms with Crippen LogP contribution < -0.4 is 0 Å². The molecule has 0 heterocycles. The van der Waals surface area contributed by atoms with Gasteiger partial charge in [0.2, 0.25) is 0 Å². The molecule has 2 fully saturated rings. The van der Waals surface area contributed by atoms with Crippen molar-refractivity contribution in [3.05, 3.63) is 12.4 Å². The molecule has 0 spiro atoms. The minimum Gasteiger partial charge on any atom is -0.216 e. The molecule has 2 saturated carbocycles. The van der Waals surface area contributed by atoms with Gasteiger partial charge >= 0.3 is 0 Å². The fraction of sp³-hybridized carbons (Fsp3) is 0.895. The van der Waals surface area contributed by atoms with Gasteiger partial charge < -0.3 is 0 Å². The Bertz CT molecular complexity index is 267. The zero-order valence-electron chi connectivity index (χ0n) is 13.3. The molecule has 0 radical (unpaired) electrons. The Morgan fingerprint density at radius 2 is 1.30 bits per heavy atom. The Morgan fingerprint density at radius 3 is 1.75 bits per heavy atom. The van der Waals surface area contributed by atoms with E-state index in [1.165, 1.54) is 70.6 Å². The van der Waals surface area contributed by atoms with E-state index in [2.05, 4.69) is 6.92 Å². The van der Waals surface area contributed by atoms with Gasteiger partial charge in [0.15, 0.2) is 0 Å². The first-order valence-corrected chi connectivity index (χ1v) is 9.08. The van der Waals surface area contributed by atoms with Crippen molar-refractivity contribution in [3.8, 4) is 0 Å². The largest absolute Gasteiger partial charge is 0.216 e. The molecule has 2 aliphatic rings. The molecule has 0 nitrogen and oxygen atoms in total. The van der Waals surface area contributed by atoms with Crippen molar-refractivity contribution in [2.45, 2.75) is 84.0 Å². The molecule has 2 aliphatic carbocycles. The van der Waals surface area contributed by atoms with E-state index in [0.29, 0.717) is 6.33 Å². The highest BCUT2D eigenvalue weighted by Crippen LogP contribution is 2.42. The van der Waals surface area contributed by atoms with Crippen LogP contribution in [0.2, 0.25) is 0 Å². The van der Waals surface area contributed by atoms with Crippen molar-refractivity contribution >= 4 is 0 Å². The third-order valence-corrected chi connectivity index (χ3v) is 5.98. The topological polar surface area (TPSA) is 0 Å². The Morgan fingerprint density at radius 1 is 0.800 bits per heavy atom. The molecule has 2 rings (SSSR count). The van der Waals surface area contributed by atoms with Crippen LogP contribution in [0.1, 0.15) is 84.0 Å². The maximum absolute atomic E-state index is 12.0. The van der Waals surface area contributed by atoms with Crippen LogP contribution in [0.4, 0.5) is 4.39 Å². The van der Waals surface area contributed by atoms with E-state index in [0.717, 1.165) is 30.1 Å². The monoisotopic (exact) mass is 280 g/mol. The molecule has 0 N–H and O–H groups in total. The van der Waals surface area contributed by atoms with Gasteiger partial charge in [-0.15, -0.1) is 0 Å². The lowest BCUT2D eigenvalue weighted by Gasteiger charge is -2.38. The lowest BCUT2D eigenvalue weighted by atomic mass is 9.68. The Labute approximate surface area is 125 Å². The lowest BCUT2D eigenvalue weighted by molar-refractivity contribution is 0.141. The summed E-state index contributed by atoms with van der Waals surface area (Å²) in [5.41, 5.74) is 0. The van der Waals surface area contributed by atoms with Crippen LogP contribution in [0.3, 0.4) is 0 Å². The minimum absolute atomic E-state index is 0.709. The predicted molar refractivity (Wildman–Crippen MR) is 85.3 cm³/mol. The molecule has 0 atom stereocenters. The summed E-state index contributed by atoms with van der Waals surface area (Å²) in [7, 11) is 0. The molecule has 0 aromatic heterocycles. The van der Waals surface area contributed by atoms with Gasteiger partial charge in [-0.25, -0.2) is 4.39 Å². The standard InChI is InChI=1S/C19H33F/c1-2-5-16-7-11-18(12-8-16)19-13-9-17(10-14-19)6-3-4-15-20/h4,15-19H,2-3,5-14H2,1H3/t16-,17-,18-,19-. The van der Waals surface area contributed by atoms with E-state index in [-0.39, 0.29) is 0 Å². The normalized spacial score (nSPS) is 35.5. The molecule has 0 bridgehead atoms. The minimum atomic E-state index is 0.709. The van der Waals surface area contributed by atoms with Crippen molar-refractivity contribution in [2.75, 3.05) is 0 Å². The van der Waals surface area contributed by atoms with E-state index in [9.17, 15) is 4.39 Å². The molecule has 0 aliphatic heterocycles. The fourth-order valence-electron chi connectivity index (χ4n) is 4.70. The second-order valence-electron chi connectivity index (χ2n) is 7.29. The highest BCUT2D eigenvalue weighted by molar-refractivity contribution is 4.83. The second kappa shape index (κ2) is 8.85. The van der Waals surface area contributed by atoms with Gasteiger partial charge in [-0.1, -0.05) is 51.5 Å². The molecule has 1 heteroatoms. The molecule has 20 heavy (non-hydrogen) atoms. The van der Waals surface area contributed by atoms with E-state index >= 15 is 0 Å². The zero-order chi connectivity index (χ0) is 14.2. The number of allylic oxidation sites excluding steroid dienone is 1. The molecule has 0 saturated heterocycles. The van der Waals surface area contributed by atoms with E-state index in [1.54, 1.807) is 6.08 Å². The van der Waals surface area contributed by atoms with E-state index in [4.69, 9.17) is 0 Å². The zero-order valence-corrected chi connectivity index (χ0v) is 13.3. The summed E-state index contributed by atoms with van der Waals surface area (Å²) in [6.07, 6.45) is 19.1. The van der Waals surface area contributed by atoms with Crippen molar-refractivity contribution < 1.29 is 4.39 Å². The predicted octanol–water partition coefficient (Wildman–Crippen LogP) is 6.66. The third kappa shape index (κ3) is 4.90. The van der Waals surface area contributed by atoms with Crippen LogP contribution in [0.5, 0.6) is 0 Å². The molecule has 0 aromatic rings. The van der Waals surface area contributed by atoms with Crippen molar-refractivity contribution in [3.63, 3.8) is 0 Å². The molecule has 116 valence electrons. The molecule has 0 aromatic carbocycles. The third-order valence-electron chi connectivity index (χ3n) is 5.98. The summed E-state index contributed by atoms with van der Waals surface area (Å²) in [5.74, 6) is 3.97. The maximum atomic E-state index is 12.0. The first kappa shape index (κ1) is 16.0. The summed E-state index contributed by atoms with van der Waals surface area (Å²) < 4.78 is 12.0. The van der Waals surface area contributed by atoms with Crippen LogP contribution in [-0.2, 0) is 0 Å². The number of rotatable bonds is 6. The number of hydrogen-bond acceptors (Lipinski definition) is 0. The quantitative estimate of drug-likeness (QED) is 0.510. The Kier molecular flexibility index (Phi) is 7.10. The number of halogens is 1. The highest BCUT2D eigenvalue weighted by Gasteiger charge is 2.30. The molecule has 0 unspecified atom stereocenters. The number of hydrogen-bond donors (Lipinski definition) is 0. The average Bonchev–Trinajstić information content (AvgIpc) is 2.49. The first-order chi connectivity index (χ1) is 9.83. The van der Waals surface area contributed by atoms with Gasteiger partial charge in [-0.2, -0.15) is 0 Å². The van der Waals surface area contributed by atoms with Crippen LogP contribution in [-0.4, -0.2) is 0 Å². The summed E-state index contributed by atoms with van der Waals surface area (Å²) in [4.78, 5) is 0. The molecular formula is C19H33F. The molecule has 0 amide bonds. The first-order valence-electron chi connectivity index (χ1n) is 9.08. The second-order valence-corrected chi connectivity index (χ2v) is 7.29. The summed E-state index contributed by atoms with van der Waals surface area (Å²) in [6, 6.07) is 0. The van der Waals surface area contributed by atoms with Crippen LogP contribution in [0.25, 0.3) is 0 Å². The fourth-order valence-corrected chi connectivity index (χ4v) is 4.70. The summed E-state index contributed by atoms with van der Waals surface area (Å²) in [5, 5.41) is 0. The van der Waals surface area contributed by atoms with Crippen LogP contribution >= 0.6 is 0 Å². The van der Waals surface area contributed by atoms with Gasteiger partial charge in [0.05, 0.1) is 6.33 Å². The van der Waals surface area contributed by atoms with Crippen LogP contribution in [0, 0.1) is 23.7 Å². The van der Waals surface area contributed by atoms with Gasteiger partial charge in [0.25, 0.3) is 0 Å². The smallest absolute Gasteiger partial charge is 0.0827 e. The highest BCUT2D eigenvalue weighted by atomic mass is 19.1. The van der Waals surface area contributed by atoms with Crippen molar-refractivity contribution in [2.24, 2.45) is 23.7 Å². The van der Waals surface area contributed by atoms with Crippen LogP contribution in [0.15, 0.2) is 12.4 Å². The average molecular weight is 280 g/mol.